The van der Waals surface area contributed by atoms with Gasteiger partial charge in [-0.15, -0.1) is 10.2 Å². The molecule has 4 aromatic rings. The summed E-state index contributed by atoms with van der Waals surface area (Å²) in [6, 6.07) is 10.6. The molecule has 0 fully saturated rings. The first-order valence-corrected chi connectivity index (χ1v) is 10.7. The number of rotatable bonds is 5. The number of nitrogens with zero attached hydrogens (tertiary/aromatic N) is 2. The molecule has 148 valence electrons. The van der Waals surface area contributed by atoms with Crippen LogP contribution < -0.4 is 5.32 Å². The molecule has 5 nitrogen and oxygen atoms in total. The van der Waals surface area contributed by atoms with Crippen LogP contribution in [-0.4, -0.2) is 16.1 Å². The predicted molar refractivity (Wildman–Crippen MR) is 114 cm³/mol. The van der Waals surface area contributed by atoms with Crippen molar-refractivity contribution in [3.63, 3.8) is 0 Å². The zero-order chi connectivity index (χ0) is 20.5. The lowest BCUT2D eigenvalue weighted by Crippen LogP contribution is -2.11. The number of nitrogens with one attached hydrogen (secondary N) is 1. The van der Waals surface area contributed by atoms with Crippen LogP contribution in [0.4, 0.5) is 9.52 Å². The smallest absolute Gasteiger partial charge is 0.293 e. The first-order valence-electron chi connectivity index (χ1n) is 8.94. The molecule has 29 heavy (non-hydrogen) atoms. The molecular weight excluding hydrogens is 409 g/mol. The summed E-state index contributed by atoms with van der Waals surface area (Å²) in [5.74, 6) is 0.0993. The van der Waals surface area contributed by atoms with Crippen molar-refractivity contribution in [1.29, 1.82) is 0 Å². The number of hydrogen-bond acceptors (Lipinski definition) is 6. The third kappa shape index (κ3) is 4.04. The summed E-state index contributed by atoms with van der Waals surface area (Å²) in [7, 11) is 0. The van der Waals surface area contributed by atoms with Gasteiger partial charge in [0.25, 0.3) is 5.91 Å². The molecule has 8 heteroatoms. The molecule has 0 radical (unpaired) electrons. The standard InChI is InChI=1S/C21H18FN3O2S2/c1-11-8-12(2)17-13(3)18(27-16(17)9-11)19(26)23-20-24-25-21(29-20)28-10-14-6-4-5-7-15(14)22/h4-9H,10H2,1-3H3,(H,23,24,26). The molecule has 4 rings (SSSR count). The first-order chi connectivity index (χ1) is 13.9. The monoisotopic (exact) mass is 427 g/mol. The van der Waals surface area contributed by atoms with Crippen molar-refractivity contribution in [2.24, 2.45) is 0 Å². The van der Waals surface area contributed by atoms with E-state index in [1.165, 1.54) is 29.2 Å². The maximum atomic E-state index is 13.7. The number of fused-ring (bicyclic) bond motifs is 1. The van der Waals surface area contributed by atoms with E-state index in [0.717, 1.165) is 22.1 Å². The van der Waals surface area contributed by atoms with Gasteiger partial charge in [-0.2, -0.15) is 0 Å². The normalized spacial score (nSPS) is 11.2. The topological polar surface area (TPSA) is 68.0 Å². The third-order valence-corrected chi connectivity index (χ3v) is 6.53. The summed E-state index contributed by atoms with van der Waals surface area (Å²) in [4.78, 5) is 12.7. The number of carbonyl (C=O) groups is 1. The van der Waals surface area contributed by atoms with Gasteiger partial charge in [-0.1, -0.05) is 47.4 Å². The van der Waals surface area contributed by atoms with Gasteiger partial charge in [0.05, 0.1) is 0 Å². The number of carbonyl (C=O) groups excluding carboxylic acids is 1. The van der Waals surface area contributed by atoms with Crippen molar-refractivity contribution in [2.45, 2.75) is 30.9 Å². The zero-order valence-electron chi connectivity index (χ0n) is 16.1. The van der Waals surface area contributed by atoms with Gasteiger partial charge in [0.15, 0.2) is 10.1 Å². The van der Waals surface area contributed by atoms with Gasteiger partial charge in [-0.25, -0.2) is 4.39 Å². The summed E-state index contributed by atoms with van der Waals surface area (Å²) in [5, 5.41) is 12.2. The minimum absolute atomic E-state index is 0.246. The van der Waals surface area contributed by atoms with Crippen LogP contribution in [0.5, 0.6) is 0 Å². The Bertz CT molecular complexity index is 1220. The molecule has 2 aromatic carbocycles. The van der Waals surface area contributed by atoms with Crippen molar-refractivity contribution in [2.75, 3.05) is 5.32 Å². The molecule has 0 unspecified atom stereocenters. The molecule has 0 spiro atoms. The Labute approximate surface area is 175 Å². The summed E-state index contributed by atoms with van der Waals surface area (Å²) in [6.45, 7) is 5.87. The highest BCUT2D eigenvalue weighted by Gasteiger charge is 2.20. The number of halogens is 1. The summed E-state index contributed by atoms with van der Waals surface area (Å²) in [6.07, 6.45) is 0. The van der Waals surface area contributed by atoms with Crippen LogP contribution in [0.25, 0.3) is 11.0 Å². The van der Waals surface area contributed by atoms with Gasteiger partial charge in [0.1, 0.15) is 11.4 Å². The second kappa shape index (κ2) is 7.96. The number of thioether (sulfide) groups is 1. The Hall–Kier alpha value is -2.71. The van der Waals surface area contributed by atoms with E-state index in [-0.39, 0.29) is 17.5 Å². The highest BCUT2D eigenvalue weighted by Crippen LogP contribution is 2.32. The van der Waals surface area contributed by atoms with Crippen LogP contribution in [0.15, 0.2) is 45.2 Å². The van der Waals surface area contributed by atoms with Crippen molar-refractivity contribution in [1.82, 2.24) is 10.2 Å². The van der Waals surface area contributed by atoms with Crippen LogP contribution in [-0.2, 0) is 5.75 Å². The molecule has 0 saturated carbocycles. The van der Waals surface area contributed by atoms with Gasteiger partial charge in [-0.3, -0.25) is 10.1 Å². The van der Waals surface area contributed by atoms with Crippen molar-refractivity contribution < 1.29 is 13.6 Å². The molecule has 0 saturated heterocycles. The van der Waals surface area contributed by atoms with Crippen molar-refractivity contribution in [3.05, 3.63) is 70.2 Å². The second-order valence-electron chi connectivity index (χ2n) is 6.72. The quantitative estimate of drug-likeness (QED) is 0.318. The van der Waals surface area contributed by atoms with E-state index >= 15 is 0 Å². The lowest BCUT2D eigenvalue weighted by molar-refractivity contribution is 0.0998. The Morgan fingerprint density at radius 1 is 1.21 bits per heavy atom. The fraction of sp³-hybridized carbons (Fsp3) is 0.190. The number of benzene rings is 2. The third-order valence-electron chi connectivity index (χ3n) is 4.51. The number of anilines is 1. The average Bonchev–Trinajstić information content (AvgIpc) is 3.25. The van der Waals surface area contributed by atoms with E-state index in [4.69, 9.17) is 4.42 Å². The minimum atomic E-state index is -0.363. The van der Waals surface area contributed by atoms with Crippen molar-refractivity contribution in [3.8, 4) is 0 Å². The Balaban J connectivity index is 1.48. The van der Waals surface area contributed by atoms with Crippen LogP contribution in [0.2, 0.25) is 0 Å². The molecule has 2 aromatic heterocycles. The van der Waals surface area contributed by atoms with Gasteiger partial charge in [-0.05, 0) is 49.6 Å². The van der Waals surface area contributed by atoms with E-state index in [9.17, 15) is 9.18 Å². The van der Waals surface area contributed by atoms with Crippen LogP contribution in [0.1, 0.15) is 32.8 Å². The van der Waals surface area contributed by atoms with Crippen LogP contribution in [0, 0.1) is 26.6 Å². The maximum Gasteiger partial charge on any atom is 0.293 e. The number of aryl methyl sites for hydroxylation is 3. The lowest BCUT2D eigenvalue weighted by atomic mass is 10.0. The highest BCUT2D eigenvalue weighted by molar-refractivity contribution is 8.00. The molecule has 0 aliphatic carbocycles. The average molecular weight is 428 g/mol. The fourth-order valence-electron chi connectivity index (χ4n) is 3.23. The Morgan fingerprint density at radius 3 is 2.79 bits per heavy atom. The molecule has 0 bridgehead atoms. The van der Waals surface area contributed by atoms with E-state index in [2.05, 4.69) is 21.6 Å². The van der Waals surface area contributed by atoms with Gasteiger partial charge >= 0.3 is 0 Å². The number of furan rings is 1. The zero-order valence-corrected chi connectivity index (χ0v) is 17.7. The van der Waals surface area contributed by atoms with Crippen molar-refractivity contribution >= 4 is 45.1 Å². The van der Waals surface area contributed by atoms with E-state index in [1.54, 1.807) is 18.2 Å². The predicted octanol–water partition coefficient (Wildman–Crippen LogP) is 5.89. The van der Waals surface area contributed by atoms with Gasteiger partial charge in [0, 0.05) is 16.7 Å². The summed E-state index contributed by atoms with van der Waals surface area (Å²) >= 11 is 2.62. The Morgan fingerprint density at radius 2 is 2.00 bits per heavy atom. The number of amides is 1. The van der Waals surface area contributed by atoms with E-state index < -0.39 is 0 Å². The first kappa shape index (κ1) is 19.6. The molecule has 1 amide bonds. The van der Waals surface area contributed by atoms with Crippen LogP contribution in [0.3, 0.4) is 0 Å². The fourth-order valence-corrected chi connectivity index (χ4v) is 4.97. The molecular formula is C21H18FN3O2S2. The highest BCUT2D eigenvalue weighted by atomic mass is 32.2. The minimum Gasteiger partial charge on any atom is -0.451 e. The molecule has 0 aliphatic heterocycles. The van der Waals surface area contributed by atoms with E-state index in [1.807, 2.05) is 26.8 Å². The molecule has 0 atom stereocenters. The maximum absolute atomic E-state index is 13.7. The summed E-state index contributed by atoms with van der Waals surface area (Å²) < 4.78 is 20.2. The molecule has 0 aliphatic rings. The van der Waals surface area contributed by atoms with Gasteiger partial charge < -0.3 is 4.42 Å². The number of aromatic nitrogens is 2. The molecule has 2 heterocycles. The van der Waals surface area contributed by atoms with Gasteiger partial charge in [0.2, 0.25) is 5.13 Å². The second-order valence-corrected chi connectivity index (χ2v) is 8.92. The Kier molecular flexibility index (Phi) is 5.38. The largest absolute Gasteiger partial charge is 0.451 e. The van der Waals surface area contributed by atoms with Crippen LogP contribution >= 0.6 is 23.1 Å². The molecule has 1 N–H and O–H groups in total. The summed E-state index contributed by atoms with van der Waals surface area (Å²) in [5.41, 5.74) is 4.25. The van der Waals surface area contributed by atoms with E-state index in [0.29, 0.717) is 26.4 Å². The number of hydrogen-bond donors (Lipinski definition) is 1. The SMILES string of the molecule is Cc1cc(C)c2c(C)c(C(=O)Nc3nnc(SCc4ccccc4F)s3)oc2c1. The lowest BCUT2D eigenvalue weighted by Gasteiger charge is -2.00.